The lowest BCUT2D eigenvalue weighted by atomic mass is 9.92. The number of aromatic nitrogens is 1. The Morgan fingerprint density at radius 1 is 1.45 bits per heavy atom. The molecule has 1 aromatic heterocycles. The van der Waals surface area contributed by atoms with Gasteiger partial charge in [-0.25, -0.2) is 0 Å². The van der Waals surface area contributed by atoms with Gasteiger partial charge in [-0.1, -0.05) is 13.0 Å². The van der Waals surface area contributed by atoms with Crippen LogP contribution in [0.5, 0.6) is 0 Å². The van der Waals surface area contributed by atoms with E-state index in [1.807, 2.05) is 39.1 Å². The highest BCUT2D eigenvalue weighted by Crippen LogP contribution is 2.28. The number of nitrogens with zero attached hydrogens (tertiary/aromatic N) is 2. The molecule has 1 fully saturated rings. The van der Waals surface area contributed by atoms with Crippen molar-refractivity contribution in [3.8, 4) is 0 Å². The summed E-state index contributed by atoms with van der Waals surface area (Å²) < 4.78 is 0. The van der Waals surface area contributed by atoms with Gasteiger partial charge in [-0.3, -0.25) is 14.7 Å². The Morgan fingerprint density at radius 2 is 2.15 bits per heavy atom. The molecule has 0 saturated carbocycles. The van der Waals surface area contributed by atoms with Crippen LogP contribution >= 0.6 is 0 Å². The maximum absolute atomic E-state index is 12.3. The second-order valence-electron chi connectivity index (χ2n) is 6.57. The summed E-state index contributed by atoms with van der Waals surface area (Å²) in [4.78, 5) is 18.9. The summed E-state index contributed by atoms with van der Waals surface area (Å²) in [5, 5.41) is 3.08. The smallest absolute Gasteiger partial charge is 0.237 e. The molecule has 2 heterocycles. The minimum atomic E-state index is -0.171. The molecule has 1 N–H and O–H groups in total. The van der Waals surface area contributed by atoms with Crippen LogP contribution in [0, 0.1) is 0 Å². The number of amides is 1. The number of hydrogen-bond acceptors (Lipinski definition) is 3. The second-order valence-corrected chi connectivity index (χ2v) is 6.57. The van der Waals surface area contributed by atoms with Crippen molar-refractivity contribution in [1.82, 2.24) is 15.2 Å². The van der Waals surface area contributed by atoms with E-state index in [1.165, 1.54) is 0 Å². The molecule has 4 heteroatoms. The molecule has 4 nitrogen and oxygen atoms in total. The van der Waals surface area contributed by atoms with Gasteiger partial charge in [0.1, 0.15) is 0 Å². The molecule has 1 aliphatic heterocycles. The van der Waals surface area contributed by atoms with Gasteiger partial charge in [-0.05, 0) is 39.3 Å². The van der Waals surface area contributed by atoms with Gasteiger partial charge in [-0.2, -0.15) is 0 Å². The highest BCUT2D eigenvalue weighted by Gasteiger charge is 2.37. The molecular formula is C16H25N3O. The van der Waals surface area contributed by atoms with Crippen LogP contribution in [0.3, 0.4) is 0 Å². The van der Waals surface area contributed by atoms with Crippen LogP contribution < -0.4 is 5.32 Å². The first-order valence-electron chi connectivity index (χ1n) is 7.37. The molecule has 110 valence electrons. The number of carbonyl (C=O) groups is 1. The Labute approximate surface area is 121 Å². The van der Waals surface area contributed by atoms with Crippen molar-refractivity contribution in [3.63, 3.8) is 0 Å². The van der Waals surface area contributed by atoms with Gasteiger partial charge in [0.15, 0.2) is 0 Å². The maximum atomic E-state index is 12.3. The van der Waals surface area contributed by atoms with Gasteiger partial charge < -0.3 is 5.32 Å². The predicted molar refractivity (Wildman–Crippen MR) is 80.5 cm³/mol. The molecule has 2 rings (SSSR count). The lowest BCUT2D eigenvalue weighted by Gasteiger charge is -2.43. The Kier molecular flexibility index (Phi) is 4.43. The molecule has 1 aliphatic rings. The van der Waals surface area contributed by atoms with Crippen molar-refractivity contribution in [3.05, 3.63) is 30.1 Å². The number of rotatable bonds is 4. The second kappa shape index (κ2) is 5.92. The van der Waals surface area contributed by atoms with Crippen molar-refractivity contribution in [2.45, 2.75) is 51.6 Å². The maximum Gasteiger partial charge on any atom is 0.237 e. The Morgan fingerprint density at radius 3 is 2.65 bits per heavy atom. The number of carbonyl (C=O) groups excluding carboxylic acids is 1. The average molecular weight is 275 g/mol. The first-order valence-corrected chi connectivity index (χ1v) is 7.37. The topological polar surface area (TPSA) is 45.2 Å². The third-order valence-electron chi connectivity index (χ3n) is 3.64. The van der Waals surface area contributed by atoms with Crippen molar-refractivity contribution in [1.29, 1.82) is 0 Å². The number of nitrogens with one attached hydrogen (secondary N) is 1. The molecule has 0 radical (unpaired) electrons. The van der Waals surface area contributed by atoms with Crippen LogP contribution in [0.25, 0.3) is 0 Å². The van der Waals surface area contributed by atoms with Crippen molar-refractivity contribution < 1.29 is 4.79 Å². The fourth-order valence-corrected chi connectivity index (χ4v) is 2.63. The van der Waals surface area contributed by atoms with Gasteiger partial charge in [0.2, 0.25) is 5.91 Å². The van der Waals surface area contributed by atoms with E-state index in [0.29, 0.717) is 5.92 Å². The molecule has 0 aromatic carbocycles. The van der Waals surface area contributed by atoms with Crippen molar-refractivity contribution >= 4 is 5.91 Å². The van der Waals surface area contributed by atoms with Crippen LogP contribution in [0.2, 0.25) is 0 Å². The molecule has 1 saturated heterocycles. The molecule has 0 spiro atoms. The van der Waals surface area contributed by atoms with Crippen LogP contribution in [-0.4, -0.2) is 40.5 Å². The molecular weight excluding hydrogens is 250 g/mol. The Balaban J connectivity index is 1.91. The van der Waals surface area contributed by atoms with E-state index < -0.39 is 0 Å². The highest BCUT2D eigenvalue weighted by molar-refractivity contribution is 5.82. The van der Waals surface area contributed by atoms with E-state index in [0.717, 1.165) is 25.2 Å². The fourth-order valence-electron chi connectivity index (χ4n) is 2.63. The lowest BCUT2D eigenvalue weighted by molar-refractivity contribution is -0.130. The fraction of sp³-hybridized carbons (Fsp3) is 0.625. The molecule has 20 heavy (non-hydrogen) atoms. The monoisotopic (exact) mass is 275 g/mol. The zero-order chi connectivity index (χ0) is 14.8. The Bertz CT molecular complexity index is 447. The SMILES string of the molecule is CCC(C(=O)NC(C)(C)C)N1CC(c2ccccn2)C1. The van der Waals surface area contributed by atoms with E-state index in [4.69, 9.17) is 0 Å². The summed E-state index contributed by atoms with van der Waals surface area (Å²) in [6.07, 6.45) is 2.68. The summed E-state index contributed by atoms with van der Waals surface area (Å²) >= 11 is 0. The van der Waals surface area contributed by atoms with E-state index in [2.05, 4.69) is 28.2 Å². The van der Waals surface area contributed by atoms with Crippen molar-refractivity contribution in [2.75, 3.05) is 13.1 Å². The van der Waals surface area contributed by atoms with Crippen LogP contribution in [-0.2, 0) is 4.79 Å². The van der Waals surface area contributed by atoms with Crippen molar-refractivity contribution in [2.24, 2.45) is 0 Å². The van der Waals surface area contributed by atoms with E-state index in [1.54, 1.807) is 0 Å². The summed E-state index contributed by atoms with van der Waals surface area (Å²) in [6, 6.07) is 6.01. The first kappa shape index (κ1) is 15.0. The highest BCUT2D eigenvalue weighted by atomic mass is 16.2. The third kappa shape index (κ3) is 3.57. The number of likely N-dealkylation sites (tertiary alicyclic amines) is 1. The summed E-state index contributed by atoms with van der Waals surface area (Å²) in [5.74, 6) is 0.604. The zero-order valence-electron chi connectivity index (χ0n) is 12.9. The van der Waals surface area contributed by atoms with Crippen LogP contribution in [0.15, 0.2) is 24.4 Å². The van der Waals surface area contributed by atoms with Gasteiger partial charge in [-0.15, -0.1) is 0 Å². The van der Waals surface area contributed by atoms with Gasteiger partial charge in [0.05, 0.1) is 6.04 Å². The minimum absolute atomic E-state index is 0.0193. The third-order valence-corrected chi connectivity index (χ3v) is 3.64. The van der Waals surface area contributed by atoms with Gasteiger partial charge in [0.25, 0.3) is 0 Å². The predicted octanol–water partition coefficient (Wildman–Crippen LogP) is 2.17. The molecule has 0 bridgehead atoms. The number of hydrogen-bond donors (Lipinski definition) is 1. The summed E-state index contributed by atoms with van der Waals surface area (Å²) in [6.45, 7) is 9.97. The van der Waals surface area contributed by atoms with Gasteiger partial charge in [0, 0.05) is 36.4 Å². The summed E-state index contributed by atoms with van der Waals surface area (Å²) in [5.41, 5.74) is 0.963. The lowest BCUT2D eigenvalue weighted by Crippen LogP contribution is -2.58. The molecule has 0 aliphatic carbocycles. The molecule has 1 amide bonds. The first-order chi connectivity index (χ1) is 9.40. The quantitative estimate of drug-likeness (QED) is 0.916. The normalized spacial score (nSPS) is 18.4. The van der Waals surface area contributed by atoms with E-state index >= 15 is 0 Å². The Hall–Kier alpha value is -1.42. The minimum Gasteiger partial charge on any atom is -0.350 e. The van der Waals surface area contributed by atoms with Crippen LogP contribution in [0.1, 0.15) is 45.7 Å². The molecule has 1 atom stereocenters. The summed E-state index contributed by atoms with van der Waals surface area (Å²) in [7, 11) is 0. The van der Waals surface area contributed by atoms with Crippen LogP contribution in [0.4, 0.5) is 0 Å². The van der Waals surface area contributed by atoms with E-state index in [-0.39, 0.29) is 17.5 Å². The standard InChI is InChI=1S/C16H25N3O/c1-5-14(15(20)18-16(2,3)4)19-10-12(11-19)13-8-6-7-9-17-13/h6-9,12,14H,5,10-11H2,1-4H3,(H,18,20). The number of pyridine rings is 1. The largest absolute Gasteiger partial charge is 0.350 e. The van der Waals surface area contributed by atoms with E-state index in [9.17, 15) is 4.79 Å². The molecule has 1 aromatic rings. The zero-order valence-corrected chi connectivity index (χ0v) is 12.9. The molecule has 1 unspecified atom stereocenters. The average Bonchev–Trinajstić information content (AvgIpc) is 2.31. The van der Waals surface area contributed by atoms with Gasteiger partial charge >= 0.3 is 0 Å².